The van der Waals surface area contributed by atoms with E-state index >= 15 is 0 Å². The molecule has 0 aromatic heterocycles. The molecular weight excluding hydrogens is 266 g/mol. The van der Waals surface area contributed by atoms with Crippen molar-refractivity contribution in [2.45, 2.75) is 13.0 Å². The van der Waals surface area contributed by atoms with Gasteiger partial charge in [-0.2, -0.15) is 5.26 Å². The Balaban J connectivity index is 2.55. The number of hydrogen-bond acceptors (Lipinski definition) is 4. The summed E-state index contributed by atoms with van der Waals surface area (Å²) in [5, 5.41) is 14.5. The van der Waals surface area contributed by atoms with Crippen LogP contribution in [0.15, 0.2) is 18.2 Å². The van der Waals surface area contributed by atoms with Gasteiger partial charge >= 0.3 is 0 Å². The highest BCUT2D eigenvalue weighted by molar-refractivity contribution is 6.31. The van der Waals surface area contributed by atoms with E-state index in [1.54, 1.807) is 18.2 Å². The van der Waals surface area contributed by atoms with Crippen molar-refractivity contribution < 1.29 is 9.53 Å². The smallest absolute Gasteiger partial charge is 0.257 e. The fourth-order valence-corrected chi connectivity index (χ4v) is 1.71. The van der Waals surface area contributed by atoms with Crippen molar-refractivity contribution >= 4 is 17.5 Å². The summed E-state index contributed by atoms with van der Waals surface area (Å²) in [5.74, 6) is 0.322. The number of carbonyl (C=O) groups is 1. The van der Waals surface area contributed by atoms with Crippen LogP contribution in [0.5, 0.6) is 5.75 Å². The summed E-state index contributed by atoms with van der Waals surface area (Å²) in [5.41, 5.74) is 0.816. The third kappa shape index (κ3) is 5.16. The van der Waals surface area contributed by atoms with Crippen molar-refractivity contribution in [3.05, 3.63) is 28.8 Å². The van der Waals surface area contributed by atoms with E-state index in [4.69, 9.17) is 21.6 Å². The average molecular weight is 282 g/mol. The average Bonchev–Trinajstić information content (AvgIpc) is 2.40. The Morgan fingerprint density at radius 2 is 2.32 bits per heavy atom. The number of benzene rings is 1. The van der Waals surface area contributed by atoms with Crippen LogP contribution in [-0.2, 0) is 11.3 Å². The number of rotatable bonds is 7. The van der Waals surface area contributed by atoms with Crippen LogP contribution in [0.25, 0.3) is 0 Å². The first-order chi connectivity index (χ1) is 9.19. The van der Waals surface area contributed by atoms with Gasteiger partial charge in [-0.15, -0.1) is 0 Å². The number of nitrogens with zero attached hydrogens (tertiary/aromatic N) is 1. The molecule has 6 heteroatoms. The zero-order chi connectivity index (χ0) is 14.1. The highest BCUT2D eigenvalue weighted by Gasteiger charge is 2.09. The molecule has 0 saturated carbocycles. The SMILES string of the molecule is CNCc1c(Cl)cccc1OCC(=O)NCCC#N. The van der Waals surface area contributed by atoms with Crippen LogP contribution in [0.3, 0.4) is 0 Å². The quantitative estimate of drug-likeness (QED) is 0.742. The number of halogens is 1. The number of nitrogens with one attached hydrogen (secondary N) is 2. The molecule has 0 unspecified atom stereocenters. The molecule has 0 fully saturated rings. The number of nitriles is 1. The van der Waals surface area contributed by atoms with Gasteiger partial charge in [0, 0.05) is 23.7 Å². The van der Waals surface area contributed by atoms with E-state index in [1.165, 1.54) is 0 Å². The lowest BCUT2D eigenvalue weighted by molar-refractivity contribution is -0.123. The standard InChI is InChI=1S/C13H16ClN3O2/c1-16-8-10-11(14)4-2-5-12(10)19-9-13(18)17-7-3-6-15/h2,4-5,16H,3,7-9H2,1H3,(H,17,18). The van der Waals surface area contributed by atoms with E-state index in [1.807, 2.05) is 13.1 Å². The first-order valence-electron chi connectivity index (χ1n) is 5.87. The van der Waals surface area contributed by atoms with Crippen LogP contribution < -0.4 is 15.4 Å². The third-order valence-electron chi connectivity index (χ3n) is 2.35. The minimum absolute atomic E-state index is 0.0948. The fraction of sp³-hybridized carbons (Fsp3) is 0.385. The Kier molecular flexibility index (Phi) is 6.72. The maximum Gasteiger partial charge on any atom is 0.257 e. The molecule has 0 spiro atoms. The topological polar surface area (TPSA) is 74.2 Å². The molecule has 5 nitrogen and oxygen atoms in total. The van der Waals surface area contributed by atoms with E-state index in [0.29, 0.717) is 23.9 Å². The van der Waals surface area contributed by atoms with Crippen molar-refractivity contribution in [2.24, 2.45) is 0 Å². The van der Waals surface area contributed by atoms with Crippen molar-refractivity contribution in [3.8, 4) is 11.8 Å². The third-order valence-corrected chi connectivity index (χ3v) is 2.70. The van der Waals surface area contributed by atoms with Gasteiger partial charge in [-0.1, -0.05) is 17.7 Å². The molecule has 1 aromatic carbocycles. The van der Waals surface area contributed by atoms with Gasteiger partial charge < -0.3 is 15.4 Å². The molecular formula is C13H16ClN3O2. The van der Waals surface area contributed by atoms with Gasteiger partial charge in [-0.05, 0) is 19.2 Å². The zero-order valence-electron chi connectivity index (χ0n) is 10.7. The zero-order valence-corrected chi connectivity index (χ0v) is 11.5. The van der Waals surface area contributed by atoms with E-state index in [2.05, 4.69) is 10.6 Å². The van der Waals surface area contributed by atoms with Crippen molar-refractivity contribution in [1.29, 1.82) is 5.26 Å². The number of carbonyl (C=O) groups excluding carboxylic acids is 1. The highest BCUT2D eigenvalue weighted by atomic mass is 35.5. The van der Waals surface area contributed by atoms with Crippen LogP contribution in [-0.4, -0.2) is 26.1 Å². The first-order valence-corrected chi connectivity index (χ1v) is 6.25. The fourth-order valence-electron chi connectivity index (χ4n) is 1.47. The number of amides is 1. The van der Waals surface area contributed by atoms with Gasteiger partial charge in [-0.3, -0.25) is 4.79 Å². The molecule has 1 aromatic rings. The summed E-state index contributed by atoms with van der Waals surface area (Å²) in [6.07, 6.45) is 0.286. The number of hydrogen-bond donors (Lipinski definition) is 2. The van der Waals surface area contributed by atoms with Crippen LogP contribution in [0.4, 0.5) is 0 Å². The lowest BCUT2D eigenvalue weighted by atomic mass is 10.2. The van der Waals surface area contributed by atoms with Crippen LogP contribution in [0.1, 0.15) is 12.0 Å². The summed E-state index contributed by atoms with van der Waals surface area (Å²) in [6.45, 7) is 0.797. The molecule has 0 aliphatic rings. The van der Waals surface area contributed by atoms with Gasteiger partial charge in [0.25, 0.3) is 5.91 Å². The second-order valence-corrected chi connectivity index (χ2v) is 4.20. The molecule has 2 N–H and O–H groups in total. The lowest BCUT2D eigenvalue weighted by Gasteiger charge is -2.12. The Morgan fingerprint density at radius 1 is 1.53 bits per heavy atom. The maximum atomic E-state index is 11.5. The van der Waals surface area contributed by atoms with E-state index in [-0.39, 0.29) is 18.9 Å². The van der Waals surface area contributed by atoms with Crippen LogP contribution >= 0.6 is 11.6 Å². The second kappa shape index (κ2) is 8.35. The first kappa shape index (κ1) is 15.3. The molecule has 102 valence electrons. The van der Waals surface area contributed by atoms with Gasteiger partial charge in [-0.25, -0.2) is 0 Å². The molecule has 0 radical (unpaired) electrons. The van der Waals surface area contributed by atoms with Crippen LogP contribution in [0.2, 0.25) is 5.02 Å². The molecule has 0 bridgehead atoms. The predicted octanol–water partition coefficient (Wildman–Crippen LogP) is 1.47. The molecule has 0 aliphatic carbocycles. The van der Waals surface area contributed by atoms with Gasteiger partial charge in [0.1, 0.15) is 5.75 Å². The van der Waals surface area contributed by atoms with Gasteiger partial charge in [0.05, 0.1) is 12.5 Å². The molecule has 1 amide bonds. The second-order valence-electron chi connectivity index (χ2n) is 3.79. The largest absolute Gasteiger partial charge is 0.483 e. The molecule has 0 aliphatic heterocycles. The minimum atomic E-state index is -0.259. The Hall–Kier alpha value is -1.77. The summed E-state index contributed by atoms with van der Waals surface area (Å²) < 4.78 is 5.44. The van der Waals surface area contributed by atoms with Crippen molar-refractivity contribution in [1.82, 2.24) is 10.6 Å². The summed E-state index contributed by atoms with van der Waals surface area (Å²) in [7, 11) is 1.81. The molecule has 19 heavy (non-hydrogen) atoms. The predicted molar refractivity (Wildman–Crippen MR) is 73.0 cm³/mol. The molecule has 0 atom stereocenters. The molecule has 0 heterocycles. The van der Waals surface area contributed by atoms with Gasteiger partial charge in [0.2, 0.25) is 0 Å². The summed E-state index contributed by atoms with van der Waals surface area (Å²) in [4.78, 5) is 11.5. The van der Waals surface area contributed by atoms with E-state index in [9.17, 15) is 4.79 Å². The van der Waals surface area contributed by atoms with E-state index < -0.39 is 0 Å². The summed E-state index contributed by atoms with van der Waals surface area (Å²) in [6, 6.07) is 7.25. The van der Waals surface area contributed by atoms with Crippen molar-refractivity contribution in [2.75, 3.05) is 20.2 Å². The normalized spacial score (nSPS) is 9.74. The van der Waals surface area contributed by atoms with E-state index in [0.717, 1.165) is 5.56 Å². The van der Waals surface area contributed by atoms with Crippen molar-refractivity contribution in [3.63, 3.8) is 0 Å². The number of ether oxygens (including phenoxy) is 1. The Labute approximate surface area is 117 Å². The maximum absolute atomic E-state index is 11.5. The molecule has 1 rings (SSSR count). The Bertz CT molecular complexity index is 471. The molecule has 0 saturated heterocycles. The summed E-state index contributed by atoms with van der Waals surface area (Å²) >= 11 is 6.07. The van der Waals surface area contributed by atoms with Crippen LogP contribution in [0, 0.1) is 11.3 Å². The monoisotopic (exact) mass is 281 g/mol. The highest BCUT2D eigenvalue weighted by Crippen LogP contribution is 2.26. The van der Waals surface area contributed by atoms with Gasteiger partial charge in [0.15, 0.2) is 6.61 Å². The minimum Gasteiger partial charge on any atom is -0.483 e. The lowest BCUT2D eigenvalue weighted by Crippen LogP contribution is -2.29. The Morgan fingerprint density at radius 3 is 3.00 bits per heavy atom.